The fourth-order valence-electron chi connectivity index (χ4n) is 7.29. The maximum atomic E-state index is 17.5. The molecule has 0 N–H and O–H groups in total. The van der Waals surface area contributed by atoms with Gasteiger partial charge >= 0.3 is 0 Å². The Balaban J connectivity index is 2.64. The highest BCUT2D eigenvalue weighted by atomic mass is 28.2. The van der Waals surface area contributed by atoms with E-state index < -0.39 is 224 Å². The van der Waals surface area contributed by atoms with Crippen LogP contribution in [0, 0.1) is 117 Å². The van der Waals surface area contributed by atoms with Gasteiger partial charge in [-0.15, -0.1) is 21.9 Å². The maximum absolute atomic E-state index is 17.5. The van der Waals surface area contributed by atoms with Crippen molar-refractivity contribution >= 4 is 86.8 Å². The van der Waals surface area contributed by atoms with Crippen molar-refractivity contribution in [2.45, 2.75) is 131 Å². The summed E-state index contributed by atoms with van der Waals surface area (Å²) in [5.41, 5.74) is -11.7. The van der Waals surface area contributed by atoms with E-state index in [-0.39, 0.29) is 0 Å². The van der Waals surface area contributed by atoms with Crippen molar-refractivity contribution in [2.75, 3.05) is 0 Å². The molecule has 4 aromatic carbocycles. The molecule has 4 rings (SSSR count). The second kappa shape index (κ2) is 20.0. The Morgan fingerprint density at radius 3 is 0.464 bits per heavy atom. The predicted octanol–water partition coefficient (Wildman–Crippen LogP) is 10.0. The van der Waals surface area contributed by atoms with Crippen LogP contribution in [0.15, 0.2) is 0 Å². The number of benzene rings is 4. The van der Waals surface area contributed by atoms with Crippen LogP contribution in [-0.4, -0.2) is 44.2 Å². The Hall–Kier alpha value is -3.31. The lowest BCUT2D eigenvalue weighted by molar-refractivity contribution is 0.454. The zero-order valence-electron chi connectivity index (χ0n) is 40.9. The third-order valence-electron chi connectivity index (χ3n) is 14.5. The lowest BCUT2D eigenvalue weighted by atomic mass is 9.12. The van der Waals surface area contributed by atoms with Crippen LogP contribution >= 0.6 is 0 Å². The summed E-state index contributed by atoms with van der Waals surface area (Å²) in [5.74, 6) is -46.8. The lowest BCUT2D eigenvalue weighted by Crippen LogP contribution is -2.81. The van der Waals surface area contributed by atoms with Gasteiger partial charge in [-0.2, -0.15) is 0 Å². The van der Waals surface area contributed by atoms with Gasteiger partial charge in [0.1, 0.15) is 52.7 Å². The van der Waals surface area contributed by atoms with Crippen LogP contribution in [-0.2, 0) is 0 Å². The van der Waals surface area contributed by atoms with Crippen molar-refractivity contribution < 1.29 is 70.2 Å². The predicted molar refractivity (Wildman–Crippen MR) is 246 cm³/mol. The molecular weight excluding hydrogens is 1000 g/mol. The standard InChI is InChI=1S/C48H52BF16Si4/c1-17(2)45(9,10)66-41-33(58)25(50)21(26(51)34(41)59)49(22-27(52)35(60)42(36(61)28(22)53)67-46(11,12)18(3)4,23-29(54)37(62)43(38(63)30(23)55)68-47(13,14)19(5)6)24-31(56)39(64)44(40(65)32(24)57)69-48(15,16)20(7)8/h17-20H,1-16H3/q-1. The molecule has 0 saturated heterocycles. The molecule has 0 aliphatic rings. The summed E-state index contributed by atoms with van der Waals surface area (Å²) in [7, 11) is -5.19. The summed E-state index contributed by atoms with van der Waals surface area (Å²) in [6, 6.07) is 0. The average molecular weight is 1060 g/mol. The Morgan fingerprint density at radius 2 is 0.362 bits per heavy atom. The molecule has 0 nitrogen and oxygen atoms in total. The molecule has 0 atom stereocenters. The maximum Gasteiger partial charge on any atom is 0.157 e. The van der Waals surface area contributed by atoms with Crippen LogP contribution < -0.4 is 42.6 Å². The van der Waals surface area contributed by atoms with Gasteiger partial charge in [-0.25, -0.2) is 70.2 Å². The van der Waals surface area contributed by atoms with Crippen LogP contribution in [0.4, 0.5) is 70.2 Å². The number of rotatable bonds is 16. The molecule has 0 aromatic heterocycles. The molecule has 0 spiro atoms. The normalized spacial score (nSPS) is 13.4. The van der Waals surface area contributed by atoms with Gasteiger partial charge in [0, 0.05) is 20.7 Å². The fraction of sp³-hybridized carbons (Fsp3) is 0.500. The van der Waals surface area contributed by atoms with Gasteiger partial charge in [-0.1, -0.05) is 111 Å². The van der Waals surface area contributed by atoms with Crippen molar-refractivity contribution in [1.82, 2.24) is 0 Å². The molecule has 376 valence electrons. The highest BCUT2D eigenvalue weighted by molar-refractivity contribution is 7.20. The largest absolute Gasteiger partial charge is 0.207 e. The van der Waals surface area contributed by atoms with Gasteiger partial charge in [-0.3, -0.25) is 0 Å². The number of halogens is 16. The van der Waals surface area contributed by atoms with Crippen molar-refractivity contribution in [3.05, 3.63) is 93.1 Å². The molecule has 0 fully saturated rings. The quantitative estimate of drug-likeness (QED) is 0.0596. The summed E-state index contributed by atoms with van der Waals surface area (Å²) in [5, 5.41) is -11.1. The van der Waals surface area contributed by atoms with Gasteiger partial charge in [0.05, 0.1) is 38.1 Å². The Kier molecular flexibility index (Phi) is 16.8. The molecule has 8 radical (unpaired) electrons. The third-order valence-corrected chi connectivity index (χ3v) is 22.1. The second-order valence-electron chi connectivity index (χ2n) is 21.0. The van der Waals surface area contributed by atoms with Gasteiger partial charge in [0.25, 0.3) is 0 Å². The van der Waals surface area contributed by atoms with Crippen molar-refractivity contribution in [2.24, 2.45) is 23.7 Å². The zero-order valence-corrected chi connectivity index (χ0v) is 44.9. The molecule has 0 saturated carbocycles. The third kappa shape index (κ3) is 9.85. The summed E-state index contributed by atoms with van der Waals surface area (Å²) in [4.78, 5) is 0. The first kappa shape index (κ1) is 58.3. The molecule has 0 aliphatic heterocycles. The average Bonchev–Trinajstić information content (AvgIpc) is 3.24. The topological polar surface area (TPSA) is 0 Å². The van der Waals surface area contributed by atoms with E-state index in [1.807, 2.05) is 0 Å². The minimum atomic E-state index is -6.75. The van der Waals surface area contributed by atoms with Gasteiger partial charge < -0.3 is 0 Å². The summed E-state index contributed by atoms with van der Waals surface area (Å²) in [6.45, 7) is 23.3. The van der Waals surface area contributed by atoms with Crippen LogP contribution in [0.2, 0.25) is 20.2 Å². The lowest BCUT2D eigenvalue weighted by Gasteiger charge is -2.45. The summed E-state index contributed by atoms with van der Waals surface area (Å²) in [6.07, 6.45) is -6.75. The summed E-state index contributed by atoms with van der Waals surface area (Å²) >= 11 is 0. The zero-order chi connectivity index (χ0) is 53.5. The minimum absolute atomic E-state index is 0.541. The van der Waals surface area contributed by atoms with Crippen molar-refractivity contribution in [3.8, 4) is 0 Å². The van der Waals surface area contributed by atoms with Crippen molar-refractivity contribution in [3.63, 3.8) is 0 Å². The van der Waals surface area contributed by atoms with Crippen LogP contribution in [0.5, 0.6) is 0 Å². The van der Waals surface area contributed by atoms with E-state index in [1.54, 1.807) is 0 Å². The van der Waals surface area contributed by atoms with E-state index in [0.29, 0.717) is 0 Å². The molecule has 0 unspecified atom stereocenters. The molecule has 4 aromatic rings. The SMILES string of the molecule is CC(C)C(C)(C)[Si]c1c(F)c(F)c([B-](c2c(F)c(F)c([Si]C(C)(C)C(C)C)c(F)c2F)(c2c(F)c(F)c([Si]C(C)(C)C(C)C)c(F)c2F)c2c(F)c(F)c([Si]C(C)(C)C(C)C)c(F)c2F)c(F)c1F. The highest BCUT2D eigenvalue weighted by Crippen LogP contribution is 2.38. The van der Waals surface area contributed by atoms with E-state index in [2.05, 4.69) is 0 Å². The van der Waals surface area contributed by atoms with Crippen LogP contribution in [0.3, 0.4) is 0 Å². The molecule has 69 heavy (non-hydrogen) atoms. The smallest absolute Gasteiger partial charge is 0.157 e. The van der Waals surface area contributed by atoms with Crippen LogP contribution in [0.1, 0.15) is 111 Å². The molecule has 21 heteroatoms. The van der Waals surface area contributed by atoms with E-state index in [1.165, 1.54) is 111 Å². The summed E-state index contributed by atoms with van der Waals surface area (Å²) < 4.78 is 275. The van der Waals surface area contributed by atoms with Crippen molar-refractivity contribution in [1.29, 1.82) is 0 Å². The first-order valence-electron chi connectivity index (χ1n) is 22.0. The molecule has 0 aliphatic carbocycles. The number of hydrogen-bond acceptors (Lipinski definition) is 0. The molecule has 0 amide bonds. The fourth-order valence-corrected chi connectivity index (χ4v) is 12.8. The molecule has 0 bridgehead atoms. The van der Waals surface area contributed by atoms with E-state index in [9.17, 15) is 0 Å². The first-order valence-corrected chi connectivity index (χ1v) is 26.0. The van der Waals surface area contributed by atoms with Gasteiger partial charge in [-0.05, 0) is 43.8 Å². The van der Waals surface area contributed by atoms with E-state index >= 15 is 70.2 Å². The van der Waals surface area contributed by atoms with Gasteiger partial charge in [0.2, 0.25) is 0 Å². The highest BCUT2D eigenvalue weighted by Gasteiger charge is 2.53. The molecule has 0 heterocycles. The first-order chi connectivity index (χ1) is 31.2. The Morgan fingerprint density at radius 1 is 0.246 bits per heavy atom. The monoisotopic (exact) mass is 1060 g/mol. The second-order valence-corrected chi connectivity index (χ2v) is 29.2. The Bertz CT molecular complexity index is 2200. The van der Waals surface area contributed by atoms with E-state index in [4.69, 9.17) is 0 Å². The minimum Gasteiger partial charge on any atom is -0.207 e. The van der Waals surface area contributed by atoms with Gasteiger partial charge in [0.15, 0.2) is 46.5 Å². The van der Waals surface area contributed by atoms with E-state index in [0.717, 1.165) is 0 Å². The number of hydrogen-bond donors (Lipinski definition) is 0. The van der Waals surface area contributed by atoms with Crippen LogP contribution in [0.25, 0.3) is 0 Å². The molecular formula is C48H52BF16Si4-. The Labute approximate surface area is 403 Å².